The van der Waals surface area contributed by atoms with Gasteiger partial charge in [0.25, 0.3) is 6.36 Å². The van der Waals surface area contributed by atoms with Crippen molar-refractivity contribution in [1.29, 1.82) is 0 Å². The van der Waals surface area contributed by atoms with E-state index in [1.807, 2.05) is 27.7 Å². The van der Waals surface area contributed by atoms with Crippen LogP contribution >= 0.6 is 27.5 Å². The first-order valence-electron chi connectivity index (χ1n) is 27.9. The molecule has 12 heterocycles. The number of ether oxygens (including phenoxy) is 24. The van der Waals surface area contributed by atoms with Crippen molar-refractivity contribution in [3.63, 3.8) is 0 Å². The molecule has 41 heteroatoms. The highest BCUT2D eigenvalue weighted by Gasteiger charge is 2.29. The van der Waals surface area contributed by atoms with E-state index < -0.39 is 91.9 Å². The van der Waals surface area contributed by atoms with Crippen LogP contribution in [0.25, 0.3) is 0 Å². The van der Waals surface area contributed by atoms with Crippen molar-refractivity contribution in [3.05, 3.63) is 0 Å². The fourth-order valence-corrected chi connectivity index (χ4v) is 6.19. The van der Waals surface area contributed by atoms with Gasteiger partial charge < -0.3 is 124 Å². The summed E-state index contributed by atoms with van der Waals surface area (Å²) >= 11 is 8.25. The van der Waals surface area contributed by atoms with Gasteiger partial charge in [0.05, 0.1) is 33.0 Å². The summed E-state index contributed by atoms with van der Waals surface area (Å²) in [5.41, 5.74) is -0.576. The summed E-state index contributed by atoms with van der Waals surface area (Å²) in [5, 5.41) is 16.5. The number of hydrogen-bond acceptors (Lipinski definition) is 38. The Kier molecular flexibility index (Phi) is 44.1. The number of halogens is 3. The van der Waals surface area contributed by atoms with E-state index in [-0.39, 0.29) is 75.2 Å². The predicted octanol–water partition coefficient (Wildman–Crippen LogP) is 7.06. The Morgan fingerprint density at radius 3 is 1.01 bits per heavy atom. The van der Waals surface area contributed by atoms with Gasteiger partial charge in [0, 0.05) is 19.4 Å². The predicted molar refractivity (Wildman–Crippen MR) is 292 cm³/mol. The molecule has 92 heavy (non-hydrogen) atoms. The normalized spacial score (nSPS) is 25.8. The maximum Gasteiger partial charge on any atom is 0.511 e. The van der Waals surface area contributed by atoms with Gasteiger partial charge in [-0.3, -0.25) is 0 Å². The highest BCUT2D eigenvalue weighted by Crippen LogP contribution is 2.16. The topological polar surface area (TPSA) is 467 Å². The molecule has 38 nitrogen and oxygen atoms in total. The number of carbonyl (C=O) groups is 12. The van der Waals surface area contributed by atoms with E-state index in [1.54, 1.807) is 6.92 Å². The Balaban J connectivity index is 0.000000503. The summed E-state index contributed by atoms with van der Waals surface area (Å²) < 4.78 is 118. The average molecular weight is 1430 g/mol. The van der Waals surface area contributed by atoms with Gasteiger partial charge in [-0.2, -0.15) is 4.39 Å². The van der Waals surface area contributed by atoms with Crippen molar-refractivity contribution in [1.82, 2.24) is 0 Å². The first-order valence-corrected chi connectivity index (χ1v) is 29.2. The van der Waals surface area contributed by atoms with Crippen LogP contribution < -0.4 is 0 Å². The Labute approximate surface area is 537 Å². The summed E-state index contributed by atoms with van der Waals surface area (Å²) in [6.45, 7) is 14.9. The maximum absolute atomic E-state index is 11.6. The average Bonchev–Trinajstić information content (AvgIpc) is 4.58. The minimum absolute atomic E-state index is 0.00231. The molecule has 0 saturated carbocycles. The fourth-order valence-electron chi connectivity index (χ4n) is 5.77. The zero-order valence-corrected chi connectivity index (χ0v) is 52.8. The Morgan fingerprint density at radius 2 is 0.793 bits per heavy atom. The van der Waals surface area contributed by atoms with E-state index in [9.17, 15) is 61.9 Å². The van der Waals surface area contributed by atoms with E-state index in [0.29, 0.717) is 85.0 Å². The second-order valence-electron chi connectivity index (χ2n) is 18.2. The SMILES string of the molecule is CC(C)C1COC(=O)O1.CC1COC(=O)O1.CCC1COC(=O)O1.CCCC1COC(=O)O1.O=C1OCC(Br)O1.O=C1OCC(CCO)O1.O=C1OCC(CO)O1.O=C1OCC(Cl)O1.O=C1OCC(F)O1.O=C1OCCCCO1.O=C1OCCCO1.O=C1OCCO1. The number of aliphatic hydroxyl groups excluding tert-OH is 2. The molecule has 12 aliphatic rings. The van der Waals surface area contributed by atoms with Crippen molar-refractivity contribution in [2.45, 2.75) is 133 Å². The minimum Gasteiger partial charge on any atom is -0.434 e. The molecule has 0 amide bonds. The van der Waals surface area contributed by atoms with Crippen LogP contribution in [0, 0.1) is 5.92 Å². The zero-order chi connectivity index (χ0) is 68.6. The molecule has 0 aromatic carbocycles. The maximum atomic E-state index is 11.6. The molecule has 0 spiro atoms. The summed E-state index contributed by atoms with van der Waals surface area (Å²) in [5.74, 6) is 0.358. The second-order valence-corrected chi connectivity index (χ2v) is 19.7. The lowest BCUT2D eigenvalue weighted by Gasteiger charge is -2.09. The molecular formula is C51H75BrClFO38. The zero-order valence-electron chi connectivity index (χ0n) is 50.5. The molecule has 9 atom stereocenters. The highest BCUT2D eigenvalue weighted by molar-refractivity contribution is 9.09. The number of rotatable bonds is 7. The van der Waals surface area contributed by atoms with Crippen LogP contribution in [-0.4, -0.2) is 250 Å². The molecule has 0 aromatic heterocycles. The Hall–Kier alpha value is -8.14. The summed E-state index contributed by atoms with van der Waals surface area (Å²) in [6.07, 6.45) is -3.64. The molecule has 12 rings (SSSR count). The first-order chi connectivity index (χ1) is 43.8. The molecule has 9 unspecified atom stereocenters. The third kappa shape index (κ3) is 43.6. The minimum atomic E-state index is -1.55. The monoisotopic (exact) mass is 1430 g/mol. The Morgan fingerprint density at radius 1 is 0.413 bits per heavy atom. The van der Waals surface area contributed by atoms with Crippen molar-refractivity contribution in [2.75, 3.05) is 112 Å². The van der Waals surface area contributed by atoms with E-state index in [0.717, 1.165) is 38.5 Å². The van der Waals surface area contributed by atoms with Gasteiger partial charge in [-0.15, -0.1) is 0 Å². The quantitative estimate of drug-likeness (QED) is 0.146. The van der Waals surface area contributed by atoms with Crippen LogP contribution in [0.5, 0.6) is 0 Å². The summed E-state index contributed by atoms with van der Waals surface area (Å²) in [4.78, 5) is 121. The van der Waals surface area contributed by atoms with E-state index >= 15 is 0 Å². The van der Waals surface area contributed by atoms with Gasteiger partial charge in [0.2, 0.25) is 5.56 Å². The lowest BCUT2D eigenvalue weighted by molar-refractivity contribution is 0.0191. The second kappa shape index (κ2) is 49.5. The lowest BCUT2D eigenvalue weighted by Crippen LogP contribution is -2.16. The van der Waals surface area contributed by atoms with Crippen molar-refractivity contribution >= 4 is 101 Å². The van der Waals surface area contributed by atoms with Gasteiger partial charge in [-0.25, -0.2) is 57.5 Å². The van der Waals surface area contributed by atoms with Crippen LogP contribution in [-0.2, 0) is 114 Å². The van der Waals surface area contributed by atoms with Crippen LogP contribution in [0.4, 0.5) is 61.9 Å². The van der Waals surface area contributed by atoms with Gasteiger partial charge in [-0.05, 0) is 54.5 Å². The molecule has 12 aliphatic heterocycles. The molecule has 0 aliphatic carbocycles. The molecule has 2 N–H and O–H groups in total. The summed E-state index contributed by atoms with van der Waals surface area (Å²) in [7, 11) is 0. The van der Waals surface area contributed by atoms with Crippen LogP contribution in [0.1, 0.15) is 79.6 Å². The number of cyclic esters (lactones) is 24. The van der Waals surface area contributed by atoms with E-state index in [1.165, 1.54) is 0 Å². The molecule has 528 valence electrons. The lowest BCUT2D eigenvalue weighted by atomic mass is 10.1. The smallest absolute Gasteiger partial charge is 0.434 e. The van der Waals surface area contributed by atoms with Crippen LogP contribution in [0.15, 0.2) is 0 Å². The highest BCUT2D eigenvalue weighted by atomic mass is 79.9. The van der Waals surface area contributed by atoms with Gasteiger partial charge in [-0.1, -0.05) is 45.7 Å². The standard InChI is InChI=1S/2C6H10O3.C5H8O4.2C5H8O3.C4H6O4.2C4H6O3.C3H3BrO3.C3H3ClO3.C3H3FO3.C3H4O3/c1-4(2)5-3-8-6(7)9-5;1-2-3-5-4-8-6(7)9-5;6-2-1-4-3-8-5(7)9-4;1-2-4-3-7-5(6)8-4;6-5-7-3-1-2-4-8-5;5-1-3-2-7-4(6)8-3;1-3-2-6-4(5)7-3;5-4-6-2-1-3-7-4;3*4-2-1-6-3(5)7-2;4-3-5-1-2-6-3/h4-5H,3H2,1-2H3;5H,2-4H2,1H3;4,6H,1-3H2;4H,2-3H2,1H3;1-4H2;3,5H,1-2H2;3H,2H2,1H3;1-3H2;3*2H,1H2;1-2H2. The first kappa shape index (κ1) is 81.9. The third-order valence-corrected chi connectivity index (χ3v) is 11.0. The van der Waals surface area contributed by atoms with E-state index in [4.69, 9.17) is 31.3 Å². The molecule has 0 radical (unpaired) electrons. The number of hydrogen-bond donors (Lipinski definition) is 2. The third-order valence-electron chi connectivity index (χ3n) is 10.3. The van der Waals surface area contributed by atoms with Crippen molar-refractivity contribution in [3.8, 4) is 0 Å². The molecule has 12 saturated heterocycles. The van der Waals surface area contributed by atoms with Crippen molar-refractivity contribution < 1.29 is 186 Å². The van der Waals surface area contributed by atoms with E-state index in [2.05, 4.69) is 120 Å². The fraction of sp³-hybridized carbons (Fsp3) is 0.765. The van der Waals surface area contributed by atoms with Gasteiger partial charge in [0.15, 0.2) is 17.7 Å². The molecule has 12 fully saturated rings. The number of alkyl halides is 3. The molecule has 0 aromatic rings. The number of aliphatic hydroxyl groups is 2. The largest absolute Gasteiger partial charge is 0.511 e. The molecular weight excluding hydrogens is 1350 g/mol. The van der Waals surface area contributed by atoms with Crippen molar-refractivity contribution in [2.24, 2.45) is 5.92 Å². The van der Waals surface area contributed by atoms with Gasteiger partial charge >= 0.3 is 73.9 Å². The molecule has 0 bridgehead atoms. The Bertz CT molecular complexity index is 2040. The summed E-state index contributed by atoms with van der Waals surface area (Å²) in [6, 6.07) is 0. The number of carbonyl (C=O) groups excluding carboxylic acids is 12. The van der Waals surface area contributed by atoms with Gasteiger partial charge in [0.1, 0.15) is 96.6 Å². The van der Waals surface area contributed by atoms with Crippen LogP contribution in [0.3, 0.4) is 0 Å². The van der Waals surface area contributed by atoms with Crippen LogP contribution in [0.2, 0.25) is 0 Å².